The summed E-state index contributed by atoms with van der Waals surface area (Å²) in [5.74, 6) is 1.80. The first-order valence-electron chi connectivity index (χ1n) is 10.3. The van der Waals surface area contributed by atoms with Crippen molar-refractivity contribution in [3.63, 3.8) is 0 Å². The minimum absolute atomic E-state index is 0. The lowest BCUT2D eigenvalue weighted by molar-refractivity contribution is 0.100. The molecule has 0 aliphatic carbocycles. The Kier molecular flexibility index (Phi) is 10.7. The Morgan fingerprint density at radius 1 is 0.529 bits per heavy atom. The third-order valence-corrected chi connectivity index (χ3v) is 5.17. The zero-order chi connectivity index (χ0) is 23.1. The standard InChI is InChI=1S/C19H16O2.C9H10O2.2CH4/c1-13(20)15-3-4-18-12-16(5-6-17(18)11-15)14-7-9-19(21-2)10-8-14;1-7(10)8-3-5-9(11-2)6-4-8;;/h3-12H,1-2H3;3-6H,1-2H3;2*1H4. The Morgan fingerprint density at radius 2 is 0.941 bits per heavy atom. The Bertz CT molecular complexity index is 1220. The van der Waals surface area contributed by atoms with E-state index in [0.29, 0.717) is 5.56 Å². The number of benzene rings is 4. The second-order valence-electron chi connectivity index (χ2n) is 7.35. The van der Waals surface area contributed by atoms with E-state index in [1.807, 2.05) is 42.5 Å². The van der Waals surface area contributed by atoms with Crippen molar-refractivity contribution in [3.8, 4) is 22.6 Å². The Morgan fingerprint density at radius 3 is 1.44 bits per heavy atom. The fourth-order valence-corrected chi connectivity index (χ4v) is 3.25. The molecule has 0 spiro atoms. The van der Waals surface area contributed by atoms with Crippen LogP contribution in [-0.4, -0.2) is 25.8 Å². The van der Waals surface area contributed by atoms with E-state index < -0.39 is 0 Å². The highest BCUT2D eigenvalue weighted by atomic mass is 16.5. The van der Waals surface area contributed by atoms with Crippen LogP contribution in [0, 0.1) is 0 Å². The maximum atomic E-state index is 11.4. The zero-order valence-electron chi connectivity index (χ0n) is 18.7. The van der Waals surface area contributed by atoms with Gasteiger partial charge < -0.3 is 9.47 Å². The Balaban J connectivity index is 0.000000382. The number of hydrogen-bond acceptors (Lipinski definition) is 4. The van der Waals surface area contributed by atoms with Crippen LogP contribution in [0.2, 0.25) is 0 Å². The summed E-state index contributed by atoms with van der Waals surface area (Å²) >= 11 is 0. The normalized spacial score (nSPS) is 9.53. The van der Waals surface area contributed by atoms with Crippen molar-refractivity contribution < 1.29 is 19.1 Å². The van der Waals surface area contributed by atoms with Crippen LogP contribution in [0.3, 0.4) is 0 Å². The quantitative estimate of drug-likeness (QED) is 0.285. The maximum Gasteiger partial charge on any atom is 0.159 e. The van der Waals surface area contributed by atoms with Crippen molar-refractivity contribution in [2.75, 3.05) is 14.2 Å². The van der Waals surface area contributed by atoms with Gasteiger partial charge in [-0.15, -0.1) is 0 Å². The van der Waals surface area contributed by atoms with Crippen LogP contribution in [-0.2, 0) is 0 Å². The molecule has 0 saturated carbocycles. The number of fused-ring (bicyclic) bond motifs is 1. The van der Waals surface area contributed by atoms with Crippen molar-refractivity contribution in [1.82, 2.24) is 0 Å². The van der Waals surface area contributed by atoms with Gasteiger partial charge in [0.1, 0.15) is 11.5 Å². The fourth-order valence-electron chi connectivity index (χ4n) is 3.25. The molecule has 4 heteroatoms. The van der Waals surface area contributed by atoms with Crippen molar-refractivity contribution in [2.45, 2.75) is 28.7 Å². The molecule has 0 fully saturated rings. The summed E-state index contributed by atoms with van der Waals surface area (Å²) in [6, 6.07) is 27.1. The molecule has 4 rings (SSSR count). The monoisotopic (exact) mass is 458 g/mol. The minimum atomic E-state index is 0. The first kappa shape index (κ1) is 28.1. The Hall–Kier alpha value is -3.92. The van der Waals surface area contributed by atoms with Gasteiger partial charge in [-0.1, -0.05) is 51.3 Å². The molecule has 0 aliphatic heterocycles. The van der Waals surface area contributed by atoms with Gasteiger partial charge in [0.25, 0.3) is 0 Å². The van der Waals surface area contributed by atoms with E-state index in [0.717, 1.165) is 39.0 Å². The van der Waals surface area contributed by atoms with E-state index in [4.69, 9.17) is 9.47 Å². The van der Waals surface area contributed by atoms with E-state index in [1.54, 1.807) is 52.3 Å². The van der Waals surface area contributed by atoms with Crippen LogP contribution in [0.25, 0.3) is 21.9 Å². The molecule has 4 nitrogen and oxygen atoms in total. The predicted octanol–water partition coefficient (Wildman–Crippen LogP) is 7.89. The number of hydrogen-bond donors (Lipinski definition) is 0. The van der Waals surface area contributed by atoms with E-state index >= 15 is 0 Å². The SMILES string of the molecule is C.C.COc1ccc(-c2ccc3cc(C(C)=O)ccc3c2)cc1.COc1ccc(C(C)=O)cc1. The van der Waals surface area contributed by atoms with Crippen LogP contribution < -0.4 is 9.47 Å². The molecule has 0 atom stereocenters. The molecule has 0 bridgehead atoms. The lowest BCUT2D eigenvalue weighted by atomic mass is 9.99. The van der Waals surface area contributed by atoms with E-state index in [-0.39, 0.29) is 26.4 Å². The molecular weight excluding hydrogens is 424 g/mol. The van der Waals surface area contributed by atoms with E-state index in [2.05, 4.69) is 18.2 Å². The molecule has 0 N–H and O–H groups in total. The van der Waals surface area contributed by atoms with Gasteiger partial charge in [0.2, 0.25) is 0 Å². The number of Topliss-reactive ketones (excluding diaryl/α,β-unsaturated/α-hetero) is 2. The van der Waals surface area contributed by atoms with Crippen molar-refractivity contribution in [1.29, 1.82) is 0 Å². The highest BCUT2D eigenvalue weighted by Crippen LogP contribution is 2.26. The zero-order valence-corrected chi connectivity index (χ0v) is 18.7. The van der Waals surface area contributed by atoms with Gasteiger partial charge in [0.05, 0.1) is 14.2 Å². The van der Waals surface area contributed by atoms with E-state index in [1.165, 1.54) is 0 Å². The van der Waals surface area contributed by atoms with Gasteiger partial charge in [-0.2, -0.15) is 0 Å². The summed E-state index contributed by atoms with van der Waals surface area (Å²) in [6.45, 7) is 3.13. The second-order valence-corrected chi connectivity index (χ2v) is 7.35. The Labute approximate surface area is 203 Å². The van der Waals surface area contributed by atoms with Gasteiger partial charge in [-0.05, 0) is 84.3 Å². The summed E-state index contributed by atoms with van der Waals surface area (Å²) in [4.78, 5) is 22.2. The topological polar surface area (TPSA) is 52.6 Å². The molecule has 0 heterocycles. The third kappa shape index (κ3) is 7.04. The molecule has 0 amide bonds. The van der Waals surface area contributed by atoms with Gasteiger partial charge in [-0.25, -0.2) is 0 Å². The molecule has 0 unspecified atom stereocenters. The lowest BCUT2D eigenvalue weighted by Gasteiger charge is -2.06. The largest absolute Gasteiger partial charge is 0.497 e. The van der Waals surface area contributed by atoms with Crippen LogP contribution >= 0.6 is 0 Å². The summed E-state index contributed by atoms with van der Waals surface area (Å²) < 4.78 is 10.1. The predicted molar refractivity (Wildman–Crippen MR) is 142 cm³/mol. The van der Waals surface area contributed by atoms with Crippen LogP contribution in [0.4, 0.5) is 0 Å². The molecule has 178 valence electrons. The second kappa shape index (κ2) is 12.9. The molecule has 4 aromatic carbocycles. The number of ketones is 2. The molecule has 0 saturated heterocycles. The maximum absolute atomic E-state index is 11.4. The number of carbonyl (C=O) groups excluding carboxylic acids is 2. The highest BCUT2D eigenvalue weighted by molar-refractivity contribution is 5.99. The first-order valence-corrected chi connectivity index (χ1v) is 10.3. The van der Waals surface area contributed by atoms with Crippen LogP contribution in [0.5, 0.6) is 11.5 Å². The first-order chi connectivity index (χ1) is 15.4. The van der Waals surface area contributed by atoms with Crippen molar-refractivity contribution in [3.05, 3.63) is 96.1 Å². The highest BCUT2D eigenvalue weighted by Gasteiger charge is 2.04. The van der Waals surface area contributed by atoms with Gasteiger partial charge in [-0.3, -0.25) is 9.59 Å². The lowest BCUT2D eigenvalue weighted by Crippen LogP contribution is -1.91. The van der Waals surface area contributed by atoms with Crippen molar-refractivity contribution >= 4 is 22.3 Å². The number of carbonyl (C=O) groups is 2. The molecular formula is C30H34O4. The molecule has 0 radical (unpaired) electrons. The van der Waals surface area contributed by atoms with E-state index in [9.17, 15) is 9.59 Å². The fraction of sp³-hybridized carbons (Fsp3) is 0.200. The van der Waals surface area contributed by atoms with Crippen LogP contribution in [0.1, 0.15) is 49.4 Å². The summed E-state index contributed by atoms with van der Waals surface area (Å²) in [6.07, 6.45) is 0. The minimum Gasteiger partial charge on any atom is -0.497 e. The number of methoxy groups -OCH3 is 2. The molecule has 4 aromatic rings. The molecule has 0 aromatic heterocycles. The summed E-state index contributed by atoms with van der Waals surface area (Å²) in [5.41, 5.74) is 3.76. The molecule has 0 aliphatic rings. The molecule has 34 heavy (non-hydrogen) atoms. The average molecular weight is 459 g/mol. The van der Waals surface area contributed by atoms with Gasteiger partial charge in [0, 0.05) is 11.1 Å². The third-order valence-electron chi connectivity index (χ3n) is 5.17. The summed E-state index contributed by atoms with van der Waals surface area (Å²) in [7, 11) is 3.26. The summed E-state index contributed by atoms with van der Waals surface area (Å²) in [5, 5.41) is 2.22. The van der Waals surface area contributed by atoms with Crippen LogP contribution in [0.15, 0.2) is 84.9 Å². The van der Waals surface area contributed by atoms with Crippen molar-refractivity contribution in [2.24, 2.45) is 0 Å². The smallest absolute Gasteiger partial charge is 0.159 e. The van der Waals surface area contributed by atoms with Gasteiger partial charge >= 0.3 is 0 Å². The number of rotatable bonds is 5. The average Bonchev–Trinajstić information content (AvgIpc) is 2.83. The van der Waals surface area contributed by atoms with Gasteiger partial charge in [0.15, 0.2) is 11.6 Å². The number of ether oxygens (including phenoxy) is 2.